The van der Waals surface area contributed by atoms with Gasteiger partial charge in [0.25, 0.3) is 0 Å². The lowest BCUT2D eigenvalue weighted by atomic mass is 10.4. The maximum absolute atomic E-state index is 10.6. The first-order chi connectivity index (χ1) is 3.80. The maximum Gasteiger partial charge on any atom is 0.238 e. The molecule has 8 heavy (non-hydrogen) atoms. The number of rotatable bonds is 0. The van der Waals surface area contributed by atoms with Crippen LogP contribution in [-0.4, -0.2) is 37.5 Å². The van der Waals surface area contributed by atoms with Gasteiger partial charge in [0.05, 0.1) is 6.54 Å². The van der Waals surface area contributed by atoms with Crippen LogP contribution in [0.15, 0.2) is 0 Å². The van der Waals surface area contributed by atoms with E-state index in [-0.39, 0.29) is 5.91 Å². The standard InChI is InChI=1S/C5H9N2O/c1-7-3-2-6-4-5(7)8/h2-4H2,1H3. The molecule has 45 valence electrons. The molecule has 3 heteroatoms. The molecule has 1 aliphatic rings. The van der Waals surface area contributed by atoms with Crippen LogP contribution in [0, 0.1) is 0 Å². The molecular formula is C5H9N2O. The Morgan fingerprint density at radius 2 is 2.50 bits per heavy atom. The van der Waals surface area contributed by atoms with Gasteiger partial charge in [0.1, 0.15) is 0 Å². The number of piperazine rings is 1. The summed E-state index contributed by atoms with van der Waals surface area (Å²) in [6.45, 7) is 1.98. The van der Waals surface area contributed by atoms with Crippen LogP contribution < -0.4 is 5.32 Å². The Bertz CT molecular complexity index is 103. The van der Waals surface area contributed by atoms with Crippen LogP contribution >= 0.6 is 0 Å². The lowest BCUT2D eigenvalue weighted by molar-refractivity contribution is -0.130. The molecule has 1 heterocycles. The fourth-order valence-corrected chi connectivity index (χ4v) is 0.641. The highest BCUT2D eigenvalue weighted by atomic mass is 16.2. The zero-order valence-corrected chi connectivity index (χ0v) is 4.92. The van der Waals surface area contributed by atoms with Crippen LogP contribution in [0.3, 0.4) is 0 Å². The second-order valence-electron chi connectivity index (χ2n) is 1.92. The van der Waals surface area contributed by atoms with Crippen LogP contribution in [-0.2, 0) is 4.79 Å². The minimum Gasteiger partial charge on any atom is -0.343 e. The zero-order chi connectivity index (χ0) is 5.98. The Balaban J connectivity index is 2.39. The molecule has 1 amide bonds. The van der Waals surface area contributed by atoms with E-state index in [1.54, 1.807) is 11.9 Å². The van der Waals surface area contributed by atoms with E-state index in [9.17, 15) is 4.79 Å². The van der Waals surface area contributed by atoms with Crippen molar-refractivity contribution < 1.29 is 4.79 Å². The van der Waals surface area contributed by atoms with E-state index >= 15 is 0 Å². The van der Waals surface area contributed by atoms with E-state index < -0.39 is 0 Å². The molecule has 0 atom stereocenters. The van der Waals surface area contributed by atoms with E-state index in [4.69, 9.17) is 0 Å². The molecular weight excluding hydrogens is 104 g/mol. The third-order valence-corrected chi connectivity index (χ3v) is 1.27. The summed E-state index contributed by atoms with van der Waals surface area (Å²) in [5, 5.41) is 3.92. The van der Waals surface area contributed by atoms with Crippen molar-refractivity contribution >= 4 is 5.91 Å². The van der Waals surface area contributed by atoms with Gasteiger partial charge in [0.2, 0.25) is 5.91 Å². The first-order valence-corrected chi connectivity index (χ1v) is 2.68. The number of hydrogen-bond acceptors (Lipinski definition) is 1. The van der Waals surface area contributed by atoms with Crippen LogP contribution in [0.5, 0.6) is 0 Å². The molecule has 0 aromatic rings. The Labute approximate surface area is 48.7 Å². The number of amides is 1. The molecule has 0 aromatic carbocycles. The monoisotopic (exact) mass is 113 g/mol. The highest BCUT2D eigenvalue weighted by Crippen LogP contribution is 1.88. The summed E-state index contributed by atoms with van der Waals surface area (Å²) in [4.78, 5) is 12.3. The van der Waals surface area contributed by atoms with Crippen LogP contribution in [0.4, 0.5) is 0 Å². The van der Waals surface area contributed by atoms with Crippen LogP contribution in [0.1, 0.15) is 0 Å². The lowest BCUT2D eigenvalue weighted by Gasteiger charge is -2.21. The summed E-state index contributed by atoms with van der Waals surface area (Å²) >= 11 is 0. The summed E-state index contributed by atoms with van der Waals surface area (Å²) in [5.74, 6) is 0.135. The molecule has 1 aliphatic heterocycles. The van der Waals surface area contributed by atoms with Crippen LogP contribution in [0.2, 0.25) is 0 Å². The summed E-state index contributed by atoms with van der Waals surface area (Å²) < 4.78 is 0. The van der Waals surface area contributed by atoms with Gasteiger partial charge in [-0.15, -0.1) is 0 Å². The Morgan fingerprint density at radius 1 is 1.75 bits per heavy atom. The van der Waals surface area contributed by atoms with Crippen molar-refractivity contribution in [2.45, 2.75) is 0 Å². The molecule has 1 radical (unpaired) electrons. The molecule has 0 aromatic heterocycles. The quantitative estimate of drug-likeness (QED) is 0.399. The van der Waals surface area contributed by atoms with Crippen molar-refractivity contribution in [1.29, 1.82) is 0 Å². The average Bonchev–Trinajstić information content (AvgIpc) is 1.77. The molecule has 1 fully saturated rings. The van der Waals surface area contributed by atoms with E-state index in [0.29, 0.717) is 6.54 Å². The van der Waals surface area contributed by atoms with Crippen molar-refractivity contribution in [3.05, 3.63) is 0 Å². The maximum atomic E-state index is 10.6. The van der Waals surface area contributed by atoms with E-state index in [1.165, 1.54) is 0 Å². The largest absolute Gasteiger partial charge is 0.343 e. The van der Waals surface area contributed by atoms with E-state index in [0.717, 1.165) is 13.1 Å². The molecule has 1 saturated heterocycles. The summed E-state index contributed by atoms with van der Waals surface area (Å²) in [5.41, 5.74) is 0. The minimum absolute atomic E-state index is 0.135. The average molecular weight is 113 g/mol. The fraction of sp³-hybridized carbons (Fsp3) is 0.800. The van der Waals surface area contributed by atoms with Gasteiger partial charge in [-0.2, -0.15) is 0 Å². The van der Waals surface area contributed by atoms with Gasteiger partial charge >= 0.3 is 0 Å². The molecule has 1 rings (SSSR count). The summed E-state index contributed by atoms with van der Waals surface area (Å²) in [6.07, 6.45) is 0. The van der Waals surface area contributed by atoms with E-state index in [2.05, 4.69) is 5.32 Å². The van der Waals surface area contributed by atoms with Gasteiger partial charge in [-0.05, 0) is 0 Å². The predicted octanol–water partition coefficient (Wildman–Crippen LogP) is -0.937. The van der Waals surface area contributed by atoms with Gasteiger partial charge in [-0.3, -0.25) is 4.79 Å². The van der Waals surface area contributed by atoms with Crippen molar-refractivity contribution in [2.24, 2.45) is 0 Å². The number of nitrogens with zero attached hydrogens (tertiary/aromatic N) is 2. The highest BCUT2D eigenvalue weighted by Gasteiger charge is 2.12. The molecule has 0 saturated carbocycles. The van der Waals surface area contributed by atoms with Gasteiger partial charge in [0, 0.05) is 20.1 Å². The predicted molar refractivity (Wildman–Crippen MR) is 29.5 cm³/mol. The SMILES string of the molecule is CN1CC[N]CC1=O. The molecule has 0 N–H and O–H groups in total. The summed E-state index contributed by atoms with van der Waals surface area (Å²) in [7, 11) is 1.80. The van der Waals surface area contributed by atoms with Crippen molar-refractivity contribution in [3.63, 3.8) is 0 Å². The van der Waals surface area contributed by atoms with E-state index in [1.807, 2.05) is 0 Å². The number of carbonyl (C=O) groups excluding carboxylic acids is 1. The van der Waals surface area contributed by atoms with Crippen molar-refractivity contribution in [3.8, 4) is 0 Å². The Hall–Kier alpha value is -0.570. The summed E-state index contributed by atoms with van der Waals surface area (Å²) in [6, 6.07) is 0. The third kappa shape index (κ3) is 0.980. The smallest absolute Gasteiger partial charge is 0.238 e. The van der Waals surface area contributed by atoms with Gasteiger partial charge in [-0.25, -0.2) is 5.32 Å². The molecule has 0 aliphatic carbocycles. The minimum atomic E-state index is 0.135. The second kappa shape index (κ2) is 2.13. The van der Waals surface area contributed by atoms with Crippen molar-refractivity contribution in [1.82, 2.24) is 10.2 Å². The molecule has 0 bridgehead atoms. The van der Waals surface area contributed by atoms with Crippen LogP contribution in [0.25, 0.3) is 0 Å². The lowest BCUT2D eigenvalue weighted by Crippen LogP contribution is -2.42. The number of carbonyl (C=O) groups is 1. The first-order valence-electron chi connectivity index (χ1n) is 2.68. The zero-order valence-electron chi connectivity index (χ0n) is 4.92. The molecule has 0 unspecified atom stereocenters. The number of hydrogen-bond donors (Lipinski definition) is 0. The highest BCUT2D eigenvalue weighted by molar-refractivity contribution is 5.78. The van der Waals surface area contributed by atoms with Crippen molar-refractivity contribution in [2.75, 3.05) is 26.7 Å². The fourth-order valence-electron chi connectivity index (χ4n) is 0.641. The molecule has 3 nitrogen and oxygen atoms in total. The normalized spacial score (nSPS) is 21.6. The third-order valence-electron chi connectivity index (χ3n) is 1.27. The number of likely N-dealkylation sites (N-methyl/N-ethyl adjacent to an activating group) is 1. The van der Waals surface area contributed by atoms with Gasteiger partial charge in [-0.1, -0.05) is 0 Å². The Kier molecular flexibility index (Phi) is 1.48. The topological polar surface area (TPSA) is 34.4 Å². The first kappa shape index (κ1) is 5.56. The molecule has 0 spiro atoms. The Morgan fingerprint density at radius 3 is 2.88 bits per heavy atom. The van der Waals surface area contributed by atoms with Gasteiger partial charge < -0.3 is 4.90 Å². The second-order valence-corrected chi connectivity index (χ2v) is 1.92. The van der Waals surface area contributed by atoms with Gasteiger partial charge in [0.15, 0.2) is 0 Å².